The highest BCUT2D eigenvalue weighted by Gasteiger charge is 2.32. The van der Waals surface area contributed by atoms with Gasteiger partial charge in [-0.05, 0) is 83.0 Å². The molecule has 3 rings (SSSR count). The molecule has 2 aromatic carbocycles. The summed E-state index contributed by atoms with van der Waals surface area (Å²) in [7, 11) is 0. The van der Waals surface area contributed by atoms with Crippen molar-refractivity contribution in [3.63, 3.8) is 0 Å². The highest BCUT2D eigenvalue weighted by molar-refractivity contribution is 6.04. The van der Waals surface area contributed by atoms with Crippen molar-refractivity contribution >= 4 is 23.8 Å². The van der Waals surface area contributed by atoms with E-state index >= 15 is 0 Å². The fraction of sp³-hybridized carbons (Fsp3) is 0.464. The van der Waals surface area contributed by atoms with Crippen LogP contribution in [0.4, 0.5) is 28.4 Å². The fourth-order valence-electron chi connectivity index (χ4n) is 3.95. The largest absolute Gasteiger partial charge is 0.508 e. The van der Waals surface area contributed by atoms with Gasteiger partial charge in [-0.25, -0.2) is 9.59 Å². The molecule has 9 nitrogen and oxygen atoms in total. The van der Waals surface area contributed by atoms with Crippen LogP contribution < -0.4 is 5.32 Å². The van der Waals surface area contributed by atoms with E-state index < -0.39 is 46.8 Å². The van der Waals surface area contributed by atoms with E-state index in [1.165, 1.54) is 28.0 Å². The highest BCUT2D eigenvalue weighted by atomic mass is 19.4. The lowest BCUT2D eigenvalue weighted by Gasteiger charge is -2.36. The predicted octanol–water partition coefficient (Wildman–Crippen LogP) is 6.12. The van der Waals surface area contributed by atoms with E-state index in [9.17, 15) is 32.7 Å². The van der Waals surface area contributed by atoms with Gasteiger partial charge in [0.05, 0.1) is 16.8 Å². The summed E-state index contributed by atoms with van der Waals surface area (Å²) in [5.74, 6) is -1.10. The lowest BCUT2D eigenvalue weighted by molar-refractivity contribution is -0.137. The Morgan fingerprint density at radius 1 is 0.800 bits per heavy atom. The van der Waals surface area contributed by atoms with Crippen LogP contribution in [0.1, 0.15) is 57.5 Å². The summed E-state index contributed by atoms with van der Waals surface area (Å²) in [6, 6.07) is 6.80. The summed E-state index contributed by atoms with van der Waals surface area (Å²) in [6.45, 7) is 11.0. The smallest absolute Gasteiger partial charge is 0.416 e. The number of halogens is 3. The zero-order chi connectivity index (χ0) is 30.0. The number of carbonyl (C=O) groups excluding carboxylic acids is 3. The number of aromatic hydroxyl groups is 1. The molecule has 0 radical (unpaired) electrons. The lowest BCUT2D eigenvalue weighted by atomic mass is 9.98. The topological polar surface area (TPSA) is 108 Å². The molecule has 0 saturated carbocycles. The van der Waals surface area contributed by atoms with E-state index in [0.29, 0.717) is 6.07 Å². The van der Waals surface area contributed by atoms with Crippen LogP contribution >= 0.6 is 0 Å². The second kappa shape index (κ2) is 11.3. The molecule has 40 heavy (non-hydrogen) atoms. The van der Waals surface area contributed by atoms with Crippen LogP contribution in [0.2, 0.25) is 0 Å². The van der Waals surface area contributed by atoms with Crippen LogP contribution in [-0.2, 0) is 15.7 Å². The number of anilines is 1. The molecule has 2 N–H and O–H groups in total. The van der Waals surface area contributed by atoms with E-state index in [4.69, 9.17) is 9.47 Å². The summed E-state index contributed by atoms with van der Waals surface area (Å²) < 4.78 is 50.8. The zero-order valence-corrected chi connectivity index (χ0v) is 23.3. The molecule has 1 saturated heterocycles. The number of nitrogens with one attached hydrogen (secondary N) is 1. The first-order valence-electron chi connectivity index (χ1n) is 12.7. The lowest BCUT2D eigenvalue weighted by Crippen LogP contribution is -2.51. The van der Waals surface area contributed by atoms with Gasteiger partial charge in [-0.15, -0.1) is 0 Å². The van der Waals surface area contributed by atoms with Gasteiger partial charge in [-0.2, -0.15) is 13.2 Å². The third-order valence-corrected chi connectivity index (χ3v) is 5.68. The highest BCUT2D eigenvalue weighted by Crippen LogP contribution is 2.36. The summed E-state index contributed by atoms with van der Waals surface area (Å²) in [6.07, 6.45) is -6.02. The summed E-state index contributed by atoms with van der Waals surface area (Å²) >= 11 is 0. The SMILES string of the molecule is CC(C)(C)OC(=O)Nc1ccc(-c2cc(O)cc(C(F)(F)F)c2)cc1C(=O)N1CCN(C(=O)OC(C)(C)C)CC1. The number of rotatable bonds is 3. The van der Waals surface area contributed by atoms with Gasteiger partial charge in [0.25, 0.3) is 5.91 Å². The molecule has 1 fully saturated rings. The Hall–Kier alpha value is -3.96. The van der Waals surface area contributed by atoms with Crippen molar-refractivity contribution in [2.75, 3.05) is 31.5 Å². The number of benzene rings is 2. The molecule has 12 heteroatoms. The molecular formula is C28H34F3N3O6. The van der Waals surface area contributed by atoms with Crippen LogP contribution in [0.15, 0.2) is 36.4 Å². The standard InChI is InChI=1S/C28H34F3N3O6/c1-26(2,3)39-24(37)32-22-8-7-17(18-13-19(28(29,30)31)16-20(35)14-18)15-21(22)23(36)33-9-11-34(12-10-33)25(38)40-27(4,5)6/h7-8,13-16,35H,9-12H2,1-6H3,(H,32,37). The molecule has 0 aromatic heterocycles. The van der Waals surface area contributed by atoms with E-state index in [-0.39, 0.29) is 48.6 Å². The Kier molecular flexibility index (Phi) is 8.61. The summed E-state index contributed by atoms with van der Waals surface area (Å²) in [4.78, 5) is 41.5. The normalized spacial score (nSPS) is 14.5. The maximum Gasteiger partial charge on any atom is 0.416 e. The Morgan fingerprint density at radius 2 is 1.38 bits per heavy atom. The van der Waals surface area contributed by atoms with Crippen molar-refractivity contribution in [1.29, 1.82) is 0 Å². The second-order valence-electron chi connectivity index (χ2n) is 11.4. The Labute approximate surface area is 230 Å². The average molecular weight is 566 g/mol. The van der Waals surface area contributed by atoms with E-state index in [1.807, 2.05) is 0 Å². The van der Waals surface area contributed by atoms with Crippen molar-refractivity contribution in [2.24, 2.45) is 0 Å². The Balaban J connectivity index is 1.93. The number of alkyl halides is 3. The Bertz CT molecular complexity index is 1270. The maximum atomic E-state index is 13.6. The maximum absolute atomic E-state index is 13.6. The van der Waals surface area contributed by atoms with Crippen molar-refractivity contribution < 1.29 is 42.1 Å². The molecule has 3 amide bonds. The number of hydrogen-bond donors (Lipinski definition) is 2. The van der Waals surface area contributed by atoms with Crippen LogP contribution in [0, 0.1) is 0 Å². The van der Waals surface area contributed by atoms with Crippen molar-refractivity contribution in [3.8, 4) is 16.9 Å². The second-order valence-corrected chi connectivity index (χ2v) is 11.4. The molecule has 2 aromatic rings. The van der Waals surface area contributed by atoms with Crippen molar-refractivity contribution in [3.05, 3.63) is 47.5 Å². The molecular weight excluding hydrogens is 531 g/mol. The van der Waals surface area contributed by atoms with Crippen LogP contribution in [0.25, 0.3) is 11.1 Å². The van der Waals surface area contributed by atoms with Gasteiger partial charge in [0.2, 0.25) is 0 Å². The number of piperazine rings is 1. The van der Waals surface area contributed by atoms with Crippen molar-refractivity contribution in [2.45, 2.75) is 58.9 Å². The molecule has 0 bridgehead atoms. The molecule has 0 atom stereocenters. The fourth-order valence-corrected chi connectivity index (χ4v) is 3.95. The van der Waals surface area contributed by atoms with Gasteiger partial charge in [0, 0.05) is 26.2 Å². The van der Waals surface area contributed by atoms with Gasteiger partial charge in [-0.1, -0.05) is 6.07 Å². The average Bonchev–Trinajstić information content (AvgIpc) is 2.80. The summed E-state index contributed by atoms with van der Waals surface area (Å²) in [5, 5.41) is 12.5. The van der Waals surface area contributed by atoms with Gasteiger partial charge >= 0.3 is 18.4 Å². The number of ether oxygens (including phenoxy) is 2. The van der Waals surface area contributed by atoms with E-state index in [1.54, 1.807) is 41.5 Å². The van der Waals surface area contributed by atoms with E-state index in [0.717, 1.165) is 12.1 Å². The number of phenols is 1. The van der Waals surface area contributed by atoms with Crippen LogP contribution in [0.5, 0.6) is 5.75 Å². The third-order valence-electron chi connectivity index (χ3n) is 5.68. The van der Waals surface area contributed by atoms with Gasteiger partial charge < -0.3 is 24.4 Å². The Morgan fingerprint density at radius 3 is 1.93 bits per heavy atom. The van der Waals surface area contributed by atoms with Crippen LogP contribution in [0.3, 0.4) is 0 Å². The number of nitrogens with zero attached hydrogens (tertiary/aromatic N) is 2. The number of amides is 3. The first-order valence-corrected chi connectivity index (χ1v) is 12.7. The zero-order valence-electron chi connectivity index (χ0n) is 23.3. The molecule has 1 aliphatic rings. The third kappa shape index (κ3) is 8.27. The number of carbonyl (C=O) groups is 3. The molecule has 0 spiro atoms. The number of phenolic OH excluding ortho intramolecular Hbond substituents is 1. The van der Waals surface area contributed by atoms with Gasteiger partial charge in [-0.3, -0.25) is 10.1 Å². The van der Waals surface area contributed by atoms with Crippen molar-refractivity contribution in [1.82, 2.24) is 9.80 Å². The molecule has 1 heterocycles. The van der Waals surface area contributed by atoms with Gasteiger partial charge in [0.1, 0.15) is 17.0 Å². The van der Waals surface area contributed by atoms with Crippen LogP contribution in [-0.4, -0.2) is 70.4 Å². The first-order chi connectivity index (χ1) is 18.3. The minimum Gasteiger partial charge on any atom is -0.508 e. The minimum atomic E-state index is -4.70. The minimum absolute atomic E-state index is 0.00554. The monoisotopic (exact) mass is 565 g/mol. The molecule has 218 valence electrons. The quantitative estimate of drug-likeness (QED) is 0.464. The van der Waals surface area contributed by atoms with E-state index in [2.05, 4.69) is 5.32 Å². The number of hydrogen-bond acceptors (Lipinski definition) is 6. The summed E-state index contributed by atoms with van der Waals surface area (Å²) in [5.41, 5.74) is -2.21. The predicted molar refractivity (Wildman–Crippen MR) is 142 cm³/mol. The molecule has 0 unspecified atom stereocenters. The first kappa shape index (κ1) is 30.6. The molecule has 1 aliphatic heterocycles. The molecule has 0 aliphatic carbocycles. The van der Waals surface area contributed by atoms with Gasteiger partial charge in [0.15, 0.2) is 0 Å².